The molecule has 0 aromatic rings. The molecule has 0 radical (unpaired) electrons. The maximum atomic E-state index is 5.13. The average molecular weight is 170 g/mol. The first-order valence-electron chi connectivity index (χ1n) is 4.87. The van der Waals surface area contributed by atoms with Gasteiger partial charge in [0, 0.05) is 12.6 Å². The van der Waals surface area contributed by atoms with E-state index in [-0.39, 0.29) is 0 Å². The molecule has 0 spiro atoms. The summed E-state index contributed by atoms with van der Waals surface area (Å²) in [6, 6.07) is 1.35. The van der Waals surface area contributed by atoms with Gasteiger partial charge in [-0.3, -0.25) is 0 Å². The number of likely N-dealkylation sites (tertiary alicyclic amines) is 1. The van der Waals surface area contributed by atoms with Crippen LogP contribution in [0.4, 0.5) is 0 Å². The van der Waals surface area contributed by atoms with Crippen molar-refractivity contribution in [3.63, 3.8) is 0 Å². The molecule has 3 heteroatoms. The molecule has 0 amide bonds. The summed E-state index contributed by atoms with van der Waals surface area (Å²) in [6.07, 6.45) is 2.67. The Morgan fingerprint density at radius 2 is 2.17 bits per heavy atom. The van der Waals surface area contributed by atoms with Gasteiger partial charge in [-0.15, -0.1) is 0 Å². The summed E-state index contributed by atoms with van der Waals surface area (Å²) in [5, 5.41) is 3.62. The van der Waals surface area contributed by atoms with Gasteiger partial charge in [-0.1, -0.05) is 0 Å². The first kappa shape index (κ1) is 8.48. The number of nitrogens with one attached hydrogen (secondary N) is 1. The van der Waals surface area contributed by atoms with Gasteiger partial charge >= 0.3 is 0 Å². The largest absolute Gasteiger partial charge is 0.378 e. The highest BCUT2D eigenvalue weighted by atomic mass is 16.5. The van der Waals surface area contributed by atoms with Crippen molar-refractivity contribution < 1.29 is 4.74 Å². The van der Waals surface area contributed by atoms with E-state index < -0.39 is 0 Å². The van der Waals surface area contributed by atoms with Crippen LogP contribution in [-0.2, 0) is 4.74 Å². The van der Waals surface area contributed by atoms with E-state index in [1.807, 2.05) is 0 Å². The molecule has 2 fully saturated rings. The van der Waals surface area contributed by atoms with Crippen LogP contribution in [-0.4, -0.2) is 50.3 Å². The Kier molecular flexibility index (Phi) is 2.63. The molecule has 0 aliphatic carbocycles. The molecule has 2 rings (SSSR count). The molecule has 0 aromatic carbocycles. The van der Waals surface area contributed by atoms with Crippen LogP contribution in [0.2, 0.25) is 0 Å². The Hall–Kier alpha value is -0.120. The third-order valence-corrected chi connectivity index (χ3v) is 2.73. The molecule has 2 aliphatic rings. The number of hydrogen-bond acceptors (Lipinski definition) is 3. The van der Waals surface area contributed by atoms with Gasteiger partial charge in [-0.2, -0.15) is 0 Å². The lowest BCUT2D eigenvalue weighted by Gasteiger charge is -2.36. The van der Waals surface area contributed by atoms with E-state index in [4.69, 9.17) is 4.74 Å². The van der Waals surface area contributed by atoms with Crippen molar-refractivity contribution in [2.24, 2.45) is 0 Å². The average Bonchev–Trinajstić information content (AvgIpc) is 1.97. The summed E-state index contributed by atoms with van der Waals surface area (Å²) in [5.74, 6) is 0. The Bertz CT molecular complexity index is 147. The molecule has 70 valence electrons. The molecular weight excluding hydrogens is 152 g/mol. The summed E-state index contributed by atoms with van der Waals surface area (Å²) in [4.78, 5) is 2.40. The fraction of sp³-hybridized carbons (Fsp3) is 1.00. The van der Waals surface area contributed by atoms with Crippen molar-refractivity contribution in [3.05, 3.63) is 0 Å². The van der Waals surface area contributed by atoms with Gasteiger partial charge in [0.05, 0.1) is 19.3 Å². The van der Waals surface area contributed by atoms with E-state index in [1.165, 1.54) is 25.9 Å². The second kappa shape index (κ2) is 3.73. The Labute approximate surface area is 74.1 Å². The fourth-order valence-electron chi connectivity index (χ4n) is 1.97. The minimum absolute atomic E-state index is 0.640. The van der Waals surface area contributed by atoms with E-state index in [0.717, 1.165) is 13.2 Å². The summed E-state index contributed by atoms with van der Waals surface area (Å²) >= 11 is 0. The maximum absolute atomic E-state index is 5.13. The number of likely N-dealkylation sites (N-methyl/N-ethyl adjacent to an activating group) is 1. The number of ether oxygens (including phenoxy) is 1. The van der Waals surface area contributed by atoms with Crippen LogP contribution in [0, 0.1) is 0 Å². The second-order valence-electron chi connectivity index (χ2n) is 4.00. The fourth-order valence-corrected chi connectivity index (χ4v) is 1.97. The summed E-state index contributed by atoms with van der Waals surface area (Å²) in [7, 11) is 2.20. The van der Waals surface area contributed by atoms with Gasteiger partial charge in [0.1, 0.15) is 0 Å². The zero-order chi connectivity index (χ0) is 8.39. The van der Waals surface area contributed by atoms with E-state index in [0.29, 0.717) is 12.1 Å². The first-order valence-corrected chi connectivity index (χ1v) is 4.87. The Morgan fingerprint density at radius 3 is 2.75 bits per heavy atom. The SMILES string of the molecule is CN1CCCC(NC2COC2)C1. The predicted octanol–water partition coefficient (Wildman–Crippen LogP) is 0.0690. The van der Waals surface area contributed by atoms with Crippen LogP contribution in [0.3, 0.4) is 0 Å². The van der Waals surface area contributed by atoms with Crippen molar-refractivity contribution in [2.45, 2.75) is 24.9 Å². The molecular formula is C9H18N2O. The monoisotopic (exact) mass is 170 g/mol. The molecule has 0 bridgehead atoms. The van der Waals surface area contributed by atoms with Crippen molar-refractivity contribution >= 4 is 0 Å². The minimum atomic E-state index is 0.640. The van der Waals surface area contributed by atoms with Crippen LogP contribution < -0.4 is 5.32 Å². The van der Waals surface area contributed by atoms with Gasteiger partial charge in [0.2, 0.25) is 0 Å². The lowest BCUT2D eigenvalue weighted by Crippen LogP contribution is -2.54. The molecule has 0 aromatic heterocycles. The summed E-state index contributed by atoms with van der Waals surface area (Å²) in [5.41, 5.74) is 0. The number of rotatable bonds is 2. The molecule has 12 heavy (non-hydrogen) atoms. The smallest absolute Gasteiger partial charge is 0.0643 e. The minimum Gasteiger partial charge on any atom is -0.378 e. The van der Waals surface area contributed by atoms with Gasteiger partial charge in [0.15, 0.2) is 0 Å². The van der Waals surface area contributed by atoms with Crippen LogP contribution in [0.5, 0.6) is 0 Å². The Balaban J connectivity index is 1.71. The molecule has 2 heterocycles. The highest BCUT2D eigenvalue weighted by Gasteiger charge is 2.24. The highest BCUT2D eigenvalue weighted by Crippen LogP contribution is 2.10. The van der Waals surface area contributed by atoms with Gasteiger partial charge in [0.25, 0.3) is 0 Å². The topological polar surface area (TPSA) is 24.5 Å². The van der Waals surface area contributed by atoms with Crippen LogP contribution in [0.1, 0.15) is 12.8 Å². The molecule has 1 atom stereocenters. The van der Waals surface area contributed by atoms with Crippen LogP contribution in [0.15, 0.2) is 0 Å². The van der Waals surface area contributed by atoms with Gasteiger partial charge in [-0.25, -0.2) is 0 Å². The number of nitrogens with zero attached hydrogens (tertiary/aromatic N) is 1. The second-order valence-corrected chi connectivity index (χ2v) is 4.00. The molecule has 3 nitrogen and oxygen atoms in total. The molecule has 1 N–H and O–H groups in total. The number of hydrogen-bond donors (Lipinski definition) is 1. The van der Waals surface area contributed by atoms with E-state index in [1.54, 1.807) is 0 Å². The molecule has 2 saturated heterocycles. The van der Waals surface area contributed by atoms with E-state index >= 15 is 0 Å². The quantitative estimate of drug-likeness (QED) is 0.634. The molecule has 1 unspecified atom stereocenters. The zero-order valence-corrected chi connectivity index (χ0v) is 7.75. The van der Waals surface area contributed by atoms with Crippen molar-refractivity contribution in [1.29, 1.82) is 0 Å². The van der Waals surface area contributed by atoms with E-state index in [9.17, 15) is 0 Å². The summed E-state index contributed by atoms with van der Waals surface area (Å²) in [6.45, 7) is 4.30. The first-order chi connectivity index (χ1) is 5.84. The van der Waals surface area contributed by atoms with Gasteiger partial charge in [-0.05, 0) is 26.4 Å². The predicted molar refractivity (Wildman–Crippen MR) is 48.3 cm³/mol. The third-order valence-electron chi connectivity index (χ3n) is 2.73. The Morgan fingerprint density at radius 1 is 1.33 bits per heavy atom. The molecule has 0 saturated carbocycles. The standard InChI is InChI=1S/C9H18N2O/c1-11-4-2-3-8(5-11)10-9-6-12-7-9/h8-10H,2-7H2,1H3. The zero-order valence-electron chi connectivity index (χ0n) is 7.75. The van der Waals surface area contributed by atoms with Gasteiger partial charge < -0.3 is 15.0 Å². The summed E-state index contributed by atoms with van der Waals surface area (Å²) < 4.78 is 5.13. The maximum Gasteiger partial charge on any atom is 0.0643 e. The number of piperidine rings is 1. The van der Waals surface area contributed by atoms with Crippen molar-refractivity contribution in [3.8, 4) is 0 Å². The lowest BCUT2D eigenvalue weighted by molar-refractivity contribution is -0.0137. The van der Waals surface area contributed by atoms with Crippen LogP contribution >= 0.6 is 0 Å². The highest BCUT2D eigenvalue weighted by molar-refractivity contribution is 4.82. The lowest BCUT2D eigenvalue weighted by atomic mass is 10.0. The van der Waals surface area contributed by atoms with Crippen LogP contribution in [0.25, 0.3) is 0 Å². The van der Waals surface area contributed by atoms with Crippen molar-refractivity contribution in [2.75, 3.05) is 33.4 Å². The van der Waals surface area contributed by atoms with E-state index in [2.05, 4.69) is 17.3 Å². The molecule has 2 aliphatic heterocycles. The normalized spacial score (nSPS) is 33.2. The third kappa shape index (κ3) is 1.97. The van der Waals surface area contributed by atoms with Crippen molar-refractivity contribution in [1.82, 2.24) is 10.2 Å².